The number of carbonyl (C=O) groups is 1. The lowest BCUT2D eigenvalue weighted by Gasteiger charge is -2.30. The Hall–Kier alpha value is -2.45. The number of allylic oxidation sites excluding steroid dienone is 1. The highest BCUT2D eigenvalue weighted by Crippen LogP contribution is 2.36. The van der Waals surface area contributed by atoms with Crippen molar-refractivity contribution in [1.82, 2.24) is 9.88 Å². The summed E-state index contributed by atoms with van der Waals surface area (Å²) in [4.78, 5) is 26.4. The van der Waals surface area contributed by atoms with Gasteiger partial charge in [0.25, 0.3) is 0 Å². The molecule has 11 heteroatoms. The van der Waals surface area contributed by atoms with E-state index in [1.807, 2.05) is 58.1 Å². The Morgan fingerprint density at radius 3 is 2.16 bits per heavy atom. The van der Waals surface area contributed by atoms with E-state index in [9.17, 15) is 4.79 Å². The average molecular weight is 735 g/mol. The fourth-order valence-electron chi connectivity index (χ4n) is 4.49. The zero-order chi connectivity index (χ0) is 31.5. The van der Waals surface area contributed by atoms with E-state index >= 15 is 0 Å². The van der Waals surface area contributed by atoms with Gasteiger partial charge in [-0.2, -0.15) is 0 Å². The minimum absolute atomic E-state index is 0.0101. The number of aliphatic imine (C=N–C) groups is 1. The fourth-order valence-corrected chi connectivity index (χ4v) is 6.01. The molecule has 0 spiro atoms. The molecule has 1 aliphatic carbocycles. The van der Waals surface area contributed by atoms with Crippen LogP contribution in [0.15, 0.2) is 71.5 Å². The number of hydrogen-bond donors (Lipinski definition) is 0. The number of halogens is 1. The van der Waals surface area contributed by atoms with Crippen molar-refractivity contribution >= 4 is 51.3 Å². The van der Waals surface area contributed by atoms with Crippen LogP contribution in [0.25, 0.3) is 11.1 Å². The molecule has 2 unspecified atom stereocenters. The molecule has 0 radical (unpaired) electrons. The number of amides is 1. The molecule has 0 saturated heterocycles. The van der Waals surface area contributed by atoms with Crippen LogP contribution in [0.5, 0.6) is 0 Å². The van der Waals surface area contributed by atoms with Gasteiger partial charge in [0.2, 0.25) is 0 Å². The van der Waals surface area contributed by atoms with Crippen molar-refractivity contribution in [3.05, 3.63) is 72.1 Å². The van der Waals surface area contributed by atoms with E-state index in [-0.39, 0.29) is 11.3 Å². The van der Waals surface area contributed by atoms with Crippen molar-refractivity contribution in [2.45, 2.75) is 37.7 Å². The summed E-state index contributed by atoms with van der Waals surface area (Å²) in [6.07, 6.45) is 7.65. The Morgan fingerprint density at radius 1 is 0.909 bits per heavy atom. The van der Waals surface area contributed by atoms with Gasteiger partial charge in [-0.15, -0.1) is 0 Å². The van der Waals surface area contributed by atoms with Gasteiger partial charge in [0.1, 0.15) is 11.4 Å². The molecule has 2 aliphatic rings. The van der Waals surface area contributed by atoms with Gasteiger partial charge in [0, 0.05) is 41.5 Å². The normalized spacial score (nSPS) is 17.6. The molecule has 2 aromatic rings. The van der Waals surface area contributed by atoms with Gasteiger partial charge in [-0.1, -0.05) is 64.7 Å². The van der Waals surface area contributed by atoms with Gasteiger partial charge < -0.3 is 23.8 Å². The van der Waals surface area contributed by atoms with Crippen molar-refractivity contribution in [1.29, 1.82) is 0 Å². The summed E-state index contributed by atoms with van der Waals surface area (Å²) in [6, 6.07) is 12.6. The van der Waals surface area contributed by atoms with Crippen LogP contribution >= 0.6 is 34.4 Å². The highest BCUT2D eigenvalue weighted by Gasteiger charge is 2.33. The number of aromatic nitrogens is 1. The molecule has 238 valence electrons. The predicted molar refractivity (Wildman–Crippen MR) is 187 cm³/mol. The molecule has 44 heavy (non-hydrogen) atoms. The SMILES string of the molecule is CN(C)c1ccc(-c2ccc(C3=NC4C=CC(N(CCOCCOCCOCCI)C(=O)OC(C)(C)C)=CC4S3)cc2)cn1. The van der Waals surface area contributed by atoms with Crippen LogP contribution in [-0.2, 0) is 18.9 Å². The minimum Gasteiger partial charge on any atom is -0.443 e. The lowest BCUT2D eigenvalue weighted by atomic mass is 10.1. The molecule has 0 N–H and O–H groups in total. The standard InChI is InChI=1S/C33H43IN4O5S/c1-33(2,3)43-32(39)38(15-17-41-19-21-42-20-18-40-16-14-34)27-11-12-28-29(22-27)44-31(36-28)25-8-6-24(7-9-25)26-10-13-30(35-23-26)37(4)5/h6-13,22-23,28-29H,14-21H2,1-5H3. The molecule has 9 nitrogen and oxygen atoms in total. The second-order valence-electron chi connectivity index (χ2n) is 11.5. The topological polar surface area (TPSA) is 85.7 Å². The molecular weight excluding hydrogens is 691 g/mol. The molecular formula is C33H43IN4O5S. The summed E-state index contributed by atoms with van der Waals surface area (Å²) in [5, 5.41) is 1.07. The number of alkyl halides is 1. The van der Waals surface area contributed by atoms with Gasteiger partial charge in [-0.25, -0.2) is 9.78 Å². The highest BCUT2D eigenvalue weighted by molar-refractivity contribution is 14.1. The maximum atomic E-state index is 13.2. The number of pyridine rings is 1. The summed E-state index contributed by atoms with van der Waals surface area (Å²) < 4.78 is 23.4. The van der Waals surface area contributed by atoms with Gasteiger partial charge in [0.15, 0.2) is 0 Å². The molecule has 0 fully saturated rings. The van der Waals surface area contributed by atoms with Crippen LogP contribution in [0, 0.1) is 0 Å². The second kappa shape index (κ2) is 16.7. The molecule has 1 aromatic carbocycles. The van der Waals surface area contributed by atoms with E-state index in [4.69, 9.17) is 23.9 Å². The van der Waals surface area contributed by atoms with E-state index in [1.165, 1.54) is 0 Å². The number of anilines is 1. The summed E-state index contributed by atoms with van der Waals surface area (Å²) in [5.41, 5.74) is 3.44. The fraction of sp³-hybridized carbons (Fsp3) is 0.485. The lowest BCUT2D eigenvalue weighted by Crippen LogP contribution is -2.39. The number of hydrogen-bond acceptors (Lipinski definition) is 9. The van der Waals surface area contributed by atoms with E-state index in [0.717, 1.165) is 44.3 Å². The third kappa shape index (κ3) is 10.3. The first-order valence-corrected chi connectivity index (χ1v) is 17.2. The Labute approximate surface area is 279 Å². The highest BCUT2D eigenvalue weighted by atomic mass is 127. The Kier molecular flexibility index (Phi) is 13.1. The van der Waals surface area contributed by atoms with Crippen molar-refractivity contribution in [2.24, 2.45) is 4.99 Å². The quantitative estimate of drug-likeness (QED) is 0.121. The van der Waals surface area contributed by atoms with Crippen LogP contribution in [0.2, 0.25) is 0 Å². The third-order valence-corrected chi connectivity index (χ3v) is 8.36. The summed E-state index contributed by atoms with van der Waals surface area (Å²) >= 11 is 3.99. The predicted octanol–water partition coefficient (Wildman–Crippen LogP) is 6.22. The number of benzene rings is 1. The number of nitrogens with zero attached hydrogens (tertiary/aromatic N) is 4. The third-order valence-electron chi connectivity index (χ3n) is 6.67. The van der Waals surface area contributed by atoms with Crippen molar-refractivity contribution in [3.8, 4) is 11.1 Å². The van der Waals surface area contributed by atoms with Crippen LogP contribution in [0.1, 0.15) is 26.3 Å². The average Bonchev–Trinajstić information content (AvgIpc) is 3.43. The first kappa shape index (κ1) is 34.4. The second-order valence-corrected chi connectivity index (χ2v) is 13.7. The molecule has 0 bridgehead atoms. The van der Waals surface area contributed by atoms with Gasteiger partial charge in [-0.05, 0) is 50.6 Å². The molecule has 1 amide bonds. The first-order valence-electron chi connectivity index (χ1n) is 14.8. The molecule has 2 heterocycles. The van der Waals surface area contributed by atoms with Gasteiger partial charge >= 0.3 is 6.09 Å². The molecule has 0 saturated carbocycles. The van der Waals surface area contributed by atoms with Crippen LogP contribution < -0.4 is 4.90 Å². The summed E-state index contributed by atoms with van der Waals surface area (Å²) in [6.45, 7) is 9.11. The first-order chi connectivity index (χ1) is 21.1. The minimum atomic E-state index is -0.611. The lowest BCUT2D eigenvalue weighted by molar-refractivity contribution is 0.00769. The van der Waals surface area contributed by atoms with Crippen molar-refractivity contribution in [3.63, 3.8) is 0 Å². The Balaban J connectivity index is 1.34. The summed E-state index contributed by atoms with van der Waals surface area (Å²) in [7, 11) is 3.97. The van der Waals surface area contributed by atoms with Gasteiger partial charge in [-0.3, -0.25) is 9.89 Å². The van der Waals surface area contributed by atoms with Crippen LogP contribution in [0.4, 0.5) is 10.6 Å². The summed E-state index contributed by atoms with van der Waals surface area (Å²) in [5.74, 6) is 0.928. The molecule has 4 rings (SSSR count). The number of fused-ring (bicyclic) bond motifs is 1. The number of carbonyl (C=O) groups excluding carboxylic acids is 1. The van der Waals surface area contributed by atoms with E-state index in [1.54, 1.807) is 16.7 Å². The van der Waals surface area contributed by atoms with E-state index in [0.29, 0.717) is 39.6 Å². The number of ether oxygens (including phenoxy) is 4. The largest absolute Gasteiger partial charge is 0.443 e. The zero-order valence-corrected chi connectivity index (χ0v) is 29.2. The van der Waals surface area contributed by atoms with E-state index < -0.39 is 11.7 Å². The Bertz CT molecular complexity index is 1310. The van der Waals surface area contributed by atoms with Crippen molar-refractivity contribution in [2.75, 3.05) is 69.6 Å². The zero-order valence-electron chi connectivity index (χ0n) is 26.2. The van der Waals surface area contributed by atoms with Crippen LogP contribution in [-0.4, -0.2) is 103 Å². The van der Waals surface area contributed by atoms with Crippen LogP contribution in [0.3, 0.4) is 0 Å². The number of thioether (sulfide) groups is 1. The monoisotopic (exact) mass is 734 g/mol. The maximum Gasteiger partial charge on any atom is 0.414 e. The number of rotatable bonds is 15. The molecule has 1 aliphatic heterocycles. The smallest absolute Gasteiger partial charge is 0.414 e. The maximum absolute atomic E-state index is 13.2. The molecule has 1 aromatic heterocycles. The van der Waals surface area contributed by atoms with Gasteiger partial charge in [0.05, 0.1) is 62.5 Å². The van der Waals surface area contributed by atoms with E-state index in [2.05, 4.69) is 70.1 Å². The Morgan fingerprint density at radius 2 is 1.55 bits per heavy atom. The molecule has 2 atom stereocenters. The van der Waals surface area contributed by atoms with Crippen molar-refractivity contribution < 1.29 is 23.7 Å².